The first-order chi connectivity index (χ1) is 16.0. The lowest BCUT2D eigenvalue weighted by Crippen LogP contribution is -2.41. The standard InChI is InChI=1S/C24H19FN4O4/c25-17-9-7-8-16(14-17)15-26-22(30)20-21(27-24(32)29(33)23(20)31)28(18-10-3-1-4-11-18)19-12-5-2-6-13-19/h1-14,33H,15H2,(H,26,30)(H,27,32). The molecule has 166 valence electrons. The van der Waals surface area contributed by atoms with Crippen LogP contribution in [0.25, 0.3) is 0 Å². The Balaban J connectivity index is 1.84. The fraction of sp³-hybridized carbons (Fsp3) is 0.0417. The van der Waals surface area contributed by atoms with Crippen LogP contribution in [-0.4, -0.2) is 20.8 Å². The Morgan fingerprint density at radius 3 is 2.12 bits per heavy atom. The van der Waals surface area contributed by atoms with Crippen LogP contribution in [0.2, 0.25) is 0 Å². The van der Waals surface area contributed by atoms with Gasteiger partial charge < -0.3 is 10.5 Å². The Morgan fingerprint density at radius 2 is 1.55 bits per heavy atom. The number of rotatable bonds is 6. The third-order valence-electron chi connectivity index (χ3n) is 4.88. The normalized spacial score (nSPS) is 10.6. The molecule has 0 radical (unpaired) electrons. The average Bonchev–Trinajstić information content (AvgIpc) is 2.83. The number of nitrogens with one attached hydrogen (secondary N) is 2. The number of carbonyl (C=O) groups is 1. The lowest BCUT2D eigenvalue weighted by molar-refractivity contribution is 0.0939. The van der Waals surface area contributed by atoms with E-state index in [4.69, 9.17) is 0 Å². The number of halogens is 1. The molecule has 0 saturated heterocycles. The quantitative estimate of drug-likeness (QED) is 0.394. The zero-order valence-corrected chi connectivity index (χ0v) is 17.2. The zero-order chi connectivity index (χ0) is 23.4. The van der Waals surface area contributed by atoms with E-state index >= 15 is 0 Å². The molecular formula is C24H19FN4O4. The molecule has 3 aromatic carbocycles. The summed E-state index contributed by atoms with van der Waals surface area (Å²) in [7, 11) is 0. The number of hydrogen-bond donors (Lipinski definition) is 3. The van der Waals surface area contributed by atoms with Crippen LogP contribution < -0.4 is 21.5 Å². The van der Waals surface area contributed by atoms with Crippen LogP contribution in [0.5, 0.6) is 0 Å². The van der Waals surface area contributed by atoms with Gasteiger partial charge in [0.25, 0.3) is 5.91 Å². The van der Waals surface area contributed by atoms with E-state index in [1.807, 2.05) is 0 Å². The van der Waals surface area contributed by atoms with Crippen molar-refractivity contribution in [3.05, 3.63) is 123 Å². The fourth-order valence-corrected chi connectivity index (χ4v) is 3.37. The van der Waals surface area contributed by atoms with Crippen LogP contribution in [0, 0.1) is 5.82 Å². The van der Waals surface area contributed by atoms with Crippen molar-refractivity contribution in [1.29, 1.82) is 0 Å². The molecule has 0 aliphatic carbocycles. The number of H-pyrrole nitrogens is 1. The summed E-state index contributed by atoms with van der Waals surface area (Å²) in [6.07, 6.45) is 0. The maximum absolute atomic E-state index is 13.5. The predicted molar refractivity (Wildman–Crippen MR) is 121 cm³/mol. The second-order valence-electron chi connectivity index (χ2n) is 7.09. The van der Waals surface area contributed by atoms with Gasteiger partial charge in [0.15, 0.2) is 0 Å². The van der Waals surface area contributed by atoms with Gasteiger partial charge in [-0.15, -0.1) is 0 Å². The van der Waals surface area contributed by atoms with Crippen LogP contribution >= 0.6 is 0 Å². The molecule has 1 aromatic heterocycles. The van der Waals surface area contributed by atoms with Gasteiger partial charge in [0.2, 0.25) is 0 Å². The van der Waals surface area contributed by atoms with E-state index in [1.165, 1.54) is 23.1 Å². The molecule has 1 amide bonds. The SMILES string of the molecule is O=C(NCc1cccc(F)c1)c1c(N(c2ccccc2)c2ccccc2)[nH]c(=O)n(O)c1=O. The van der Waals surface area contributed by atoms with Crippen LogP contribution in [0.1, 0.15) is 15.9 Å². The number of aromatic nitrogens is 2. The molecule has 0 spiro atoms. The summed E-state index contributed by atoms with van der Waals surface area (Å²) in [5.74, 6) is -1.44. The van der Waals surface area contributed by atoms with Gasteiger partial charge in [0.05, 0.1) is 0 Å². The van der Waals surface area contributed by atoms with Gasteiger partial charge in [-0.25, -0.2) is 9.18 Å². The molecule has 8 nitrogen and oxygen atoms in total. The molecule has 0 fully saturated rings. The number of nitrogens with zero attached hydrogens (tertiary/aromatic N) is 2. The van der Waals surface area contributed by atoms with Crippen molar-refractivity contribution in [2.75, 3.05) is 4.90 Å². The molecule has 0 atom stereocenters. The summed E-state index contributed by atoms with van der Waals surface area (Å²) >= 11 is 0. The molecule has 1 heterocycles. The van der Waals surface area contributed by atoms with Gasteiger partial charge in [-0.1, -0.05) is 53.3 Å². The highest BCUT2D eigenvalue weighted by Crippen LogP contribution is 2.33. The Labute approximate surface area is 187 Å². The Morgan fingerprint density at radius 1 is 0.939 bits per heavy atom. The van der Waals surface area contributed by atoms with E-state index in [2.05, 4.69) is 10.3 Å². The highest BCUT2D eigenvalue weighted by molar-refractivity contribution is 6.00. The Bertz CT molecular complexity index is 1360. The number of amides is 1. The lowest BCUT2D eigenvalue weighted by Gasteiger charge is -2.26. The van der Waals surface area contributed by atoms with Gasteiger partial charge in [0, 0.05) is 17.9 Å². The van der Waals surface area contributed by atoms with Crippen molar-refractivity contribution in [3.63, 3.8) is 0 Å². The minimum absolute atomic E-state index is 0.0727. The third kappa shape index (κ3) is 4.52. The van der Waals surface area contributed by atoms with E-state index < -0.39 is 28.5 Å². The molecule has 0 aliphatic heterocycles. The first-order valence-corrected chi connectivity index (χ1v) is 9.97. The van der Waals surface area contributed by atoms with Crippen molar-refractivity contribution >= 4 is 23.1 Å². The maximum atomic E-state index is 13.5. The molecule has 0 unspecified atom stereocenters. The van der Waals surface area contributed by atoms with Crippen molar-refractivity contribution < 1.29 is 14.4 Å². The Kier molecular flexibility index (Phi) is 6.03. The van der Waals surface area contributed by atoms with Crippen molar-refractivity contribution in [3.8, 4) is 0 Å². The number of carbonyl (C=O) groups excluding carboxylic acids is 1. The van der Waals surface area contributed by atoms with Crippen molar-refractivity contribution in [2.45, 2.75) is 6.54 Å². The summed E-state index contributed by atoms with van der Waals surface area (Å²) in [6.45, 7) is -0.0727. The van der Waals surface area contributed by atoms with Gasteiger partial charge in [-0.05, 0) is 42.0 Å². The number of para-hydroxylation sites is 2. The number of benzene rings is 3. The van der Waals surface area contributed by atoms with Crippen LogP contribution in [0.15, 0.2) is 94.5 Å². The highest BCUT2D eigenvalue weighted by Gasteiger charge is 2.26. The monoisotopic (exact) mass is 446 g/mol. The van der Waals surface area contributed by atoms with Crippen LogP contribution in [-0.2, 0) is 6.54 Å². The molecule has 33 heavy (non-hydrogen) atoms. The maximum Gasteiger partial charge on any atom is 0.363 e. The second-order valence-corrected chi connectivity index (χ2v) is 7.09. The summed E-state index contributed by atoms with van der Waals surface area (Å²) in [4.78, 5) is 42.2. The minimum Gasteiger partial charge on any atom is -0.421 e. The van der Waals surface area contributed by atoms with Gasteiger partial charge in [0.1, 0.15) is 17.2 Å². The average molecular weight is 446 g/mol. The fourth-order valence-electron chi connectivity index (χ4n) is 3.37. The molecule has 9 heteroatoms. The third-order valence-corrected chi connectivity index (χ3v) is 4.88. The molecular weight excluding hydrogens is 427 g/mol. The molecule has 3 N–H and O–H groups in total. The zero-order valence-electron chi connectivity index (χ0n) is 17.2. The topological polar surface area (TPSA) is 107 Å². The summed E-state index contributed by atoms with van der Waals surface area (Å²) < 4.78 is 13.3. The van der Waals surface area contributed by atoms with Gasteiger partial charge >= 0.3 is 11.2 Å². The molecule has 4 rings (SSSR count). The van der Waals surface area contributed by atoms with E-state index in [-0.39, 0.29) is 17.1 Å². The Hall–Kier alpha value is -4.66. The summed E-state index contributed by atoms with van der Waals surface area (Å²) in [5, 5.41) is 12.5. The van der Waals surface area contributed by atoms with E-state index in [9.17, 15) is 24.0 Å². The molecule has 4 aromatic rings. The van der Waals surface area contributed by atoms with E-state index in [0.29, 0.717) is 16.9 Å². The lowest BCUT2D eigenvalue weighted by atomic mass is 10.1. The number of hydrogen-bond acceptors (Lipinski definition) is 5. The smallest absolute Gasteiger partial charge is 0.363 e. The number of aromatic amines is 1. The van der Waals surface area contributed by atoms with Crippen molar-refractivity contribution in [1.82, 2.24) is 15.0 Å². The predicted octanol–water partition coefficient (Wildman–Crippen LogP) is 3.31. The van der Waals surface area contributed by atoms with Gasteiger partial charge in [-0.3, -0.25) is 19.5 Å². The van der Waals surface area contributed by atoms with Gasteiger partial charge in [-0.2, -0.15) is 0 Å². The largest absolute Gasteiger partial charge is 0.421 e. The summed E-state index contributed by atoms with van der Waals surface area (Å²) in [6, 6.07) is 23.2. The first-order valence-electron chi connectivity index (χ1n) is 9.97. The first kappa shape index (κ1) is 21.6. The summed E-state index contributed by atoms with van der Waals surface area (Å²) in [5.41, 5.74) is -1.18. The molecule has 0 aliphatic rings. The van der Waals surface area contributed by atoms with Crippen LogP contribution in [0.4, 0.5) is 21.6 Å². The van der Waals surface area contributed by atoms with Crippen LogP contribution in [0.3, 0.4) is 0 Å². The minimum atomic E-state index is -1.19. The number of anilines is 3. The van der Waals surface area contributed by atoms with Crippen molar-refractivity contribution in [2.24, 2.45) is 0 Å². The second kappa shape index (κ2) is 9.23. The van der Waals surface area contributed by atoms with E-state index in [1.54, 1.807) is 66.7 Å². The molecule has 0 bridgehead atoms. The van der Waals surface area contributed by atoms with E-state index in [0.717, 1.165) is 0 Å². The molecule has 0 saturated carbocycles. The highest BCUT2D eigenvalue weighted by atomic mass is 19.1.